The van der Waals surface area contributed by atoms with Crippen LogP contribution in [0.5, 0.6) is 0 Å². The van der Waals surface area contributed by atoms with Crippen LogP contribution in [0.4, 0.5) is 0 Å². The Hall–Kier alpha value is -0.840. The molecule has 0 saturated heterocycles. The Kier molecular flexibility index (Phi) is 3.95. The molecule has 5 heteroatoms. The van der Waals surface area contributed by atoms with E-state index in [1.54, 1.807) is 18.2 Å². The molecule has 0 heterocycles. The molecule has 1 aromatic rings. The average molecular weight is 219 g/mol. The van der Waals surface area contributed by atoms with E-state index in [4.69, 9.17) is 16.2 Å². The third kappa shape index (κ3) is 3.59. The van der Waals surface area contributed by atoms with Crippen LogP contribution in [-0.2, 0) is 15.5 Å². The minimum atomic E-state index is -2.28. The van der Waals surface area contributed by atoms with Gasteiger partial charge in [0.25, 0.3) is 0 Å². The molecule has 1 aromatic carbocycles. The normalized spacial score (nSPS) is 13.1. The fraction of sp³-hybridized carbons (Fsp3) is 0. The molecular formula is C8H7ClO3S. The van der Waals surface area contributed by atoms with E-state index in [0.717, 1.165) is 11.8 Å². The van der Waals surface area contributed by atoms with E-state index < -0.39 is 11.4 Å². The Balaban J connectivity index is 2.68. The Morgan fingerprint density at radius 3 is 2.77 bits per heavy atom. The van der Waals surface area contributed by atoms with Crippen molar-refractivity contribution in [2.24, 2.45) is 0 Å². The van der Waals surface area contributed by atoms with Gasteiger partial charge in [-0.1, -0.05) is 29.8 Å². The lowest BCUT2D eigenvalue weighted by Gasteiger charge is -1.95. The molecule has 0 saturated carbocycles. The van der Waals surface area contributed by atoms with Crippen molar-refractivity contribution in [3.8, 4) is 0 Å². The molecule has 0 spiro atoms. The summed E-state index contributed by atoms with van der Waals surface area (Å²) in [5.74, 6) is 0. The zero-order valence-corrected chi connectivity index (χ0v) is 8.09. The molecule has 0 aliphatic heterocycles. The van der Waals surface area contributed by atoms with E-state index in [9.17, 15) is 4.21 Å². The standard InChI is InChI=1S/C8H7ClO3S/c9-8-4-2-1-3-7(8)5-6-12-13(10)11/h1-6H,(H,10,11). The number of benzene rings is 1. The lowest BCUT2D eigenvalue weighted by molar-refractivity contribution is 0.422. The van der Waals surface area contributed by atoms with Crippen molar-refractivity contribution in [1.82, 2.24) is 0 Å². The van der Waals surface area contributed by atoms with Crippen LogP contribution < -0.4 is 0 Å². The van der Waals surface area contributed by atoms with Crippen molar-refractivity contribution in [3.05, 3.63) is 41.1 Å². The molecule has 0 aliphatic carbocycles. The Morgan fingerprint density at radius 1 is 1.46 bits per heavy atom. The molecule has 1 rings (SSSR count). The van der Waals surface area contributed by atoms with Gasteiger partial charge in [0.15, 0.2) is 0 Å². The van der Waals surface area contributed by atoms with Crippen LogP contribution in [0.25, 0.3) is 6.08 Å². The average Bonchev–Trinajstić information content (AvgIpc) is 2.08. The van der Waals surface area contributed by atoms with Crippen molar-refractivity contribution in [1.29, 1.82) is 0 Å². The van der Waals surface area contributed by atoms with Crippen LogP contribution >= 0.6 is 11.6 Å². The van der Waals surface area contributed by atoms with Gasteiger partial charge in [-0.3, -0.25) is 4.55 Å². The molecule has 0 aromatic heterocycles. The second-order valence-corrected chi connectivity index (χ2v) is 3.17. The van der Waals surface area contributed by atoms with E-state index in [2.05, 4.69) is 4.18 Å². The zero-order valence-electron chi connectivity index (χ0n) is 6.51. The van der Waals surface area contributed by atoms with E-state index in [0.29, 0.717) is 5.02 Å². The van der Waals surface area contributed by atoms with E-state index in [1.807, 2.05) is 6.07 Å². The first-order valence-corrected chi connectivity index (χ1v) is 4.80. The topological polar surface area (TPSA) is 46.5 Å². The molecule has 1 unspecified atom stereocenters. The van der Waals surface area contributed by atoms with Gasteiger partial charge in [0.1, 0.15) is 6.26 Å². The predicted molar refractivity (Wildman–Crippen MR) is 52.3 cm³/mol. The molecule has 1 N–H and O–H groups in total. The number of halogens is 1. The van der Waals surface area contributed by atoms with Crippen molar-refractivity contribution in [3.63, 3.8) is 0 Å². The van der Waals surface area contributed by atoms with Crippen LogP contribution in [0, 0.1) is 0 Å². The lowest BCUT2D eigenvalue weighted by atomic mass is 10.2. The molecule has 13 heavy (non-hydrogen) atoms. The second kappa shape index (κ2) is 5.01. The second-order valence-electron chi connectivity index (χ2n) is 2.14. The summed E-state index contributed by atoms with van der Waals surface area (Å²) in [6.45, 7) is 0. The molecule has 3 nitrogen and oxygen atoms in total. The van der Waals surface area contributed by atoms with Crippen LogP contribution in [0.2, 0.25) is 5.02 Å². The van der Waals surface area contributed by atoms with Gasteiger partial charge in [0.05, 0.1) is 0 Å². The van der Waals surface area contributed by atoms with E-state index in [-0.39, 0.29) is 0 Å². The van der Waals surface area contributed by atoms with Crippen molar-refractivity contribution in [2.75, 3.05) is 0 Å². The summed E-state index contributed by atoms with van der Waals surface area (Å²) in [4.78, 5) is 0. The molecular weight excluding hydrogens is 212 g/mol. The molecule has 0 radical (unpaired) electrons. The minimum Gasteiger partial charge on any atom is -0.388 e. The molecule has 0 fully saturated rings. The summed E-state index contributed by atoms with van der Waals surface area (Å²) in [5, 5.41) is 0.561. The first-order valence-electron chi connectivity index (χ1n) is 3.39. The summed E-state index contributed by atoms with van der Waals surface area (Å²) in [6, 6.07) is 7.09. The third-order valence-corrected chi connectivity index (χ3v) is 1.91. The summed E-state index contributed by atoms with van der Waals surface area (Å²) >= 11 is 3.52. The van der Waals surface area contributed by atoms with Gasteiger partial charge in [-0.05, 0) is 17.7 Å². The van der Waals surface area contributed by atoms with Gasteiger partial charge in [0, 0.05) is 5.02 Å². The van der Waals surface area contributed by atoms with Crippen molar-refractivity contribution >= 4 is 29.0 Å². The van der Waals surface area contributed by atoms with Crippen LogP contribution in [-0.4, -0.2) is 8.76 Å². The predicted octanol–water partition coefficient (Wildman–Crippen LogP) is 2.46. The molecule has 0 bridgehead atoms. The zero-order chi connectivity index (χ0) is 9.68. The maximum absolute atomic E-state index is 10.1. The minimum absolute atomic E-state index is 0.561. The quantitative estimate of drug-likeness (QED) is 0.626. The number of hydrogen-bond donors (Lipinski definition) is 1. The molecule has 70 valence electrons. The van der Waals surface area contributed by atoms with Crippen LogP contribution in [0.1, 0.15) is 5.56 Å². The summed E-state index contributed by atoms with van der Waals surface area (Å²) < 4.78 is 22.6. The van der Waals surface area contributed by atoms with Gasteiger partial charge in [-0.2, -0.15) is 4.21 Å². The highest BCUT2D eigenvalue weighted by Crippen LogP contribution is 2.16. The molecule has 0 aliphatic rings. The summed E-state index contributed by atoms with van der Waals surface area (Å²) in [6.07, 6.45) is 2.63. The van der Waals surface area contributed by atoms with Crippen LogP contribution in [0.15, 0.2) is 30.5 Å². The Morgan fingerprint density at radius 2 is 2.15 bits per heavy atom. The van der Waals surface area contributed by atoms with Crippen molar-refractivity contribution in [2.45, 2.75) is 0 Å². The summed E-state index contributed by atoms with van der Waals surface area (Å²) in [5.41, 5.74) is 0.731. The van der Waals surface area contributed by atoms with Gasteiger partial charge in [-0.25, -0.2) is 0 Å². The van der Waals surface area contributed by atoms with Gasteiger partial charge < -0.3 is 4.18 Å². The molecule has 0 amide bonds. The first kappa shape index (κ1) is 10.2. The van der Waals surface area contributed by atoms with Crippen molar-refractivity contribution < 1.29 is 12.9 Å². The maximum Gasteiger partial charge on any atom is 0.356 e. The lowest BCUT2D eigenvalue weighted by Crippen LogP contribution is -1.85. The smallest absolute Gasteiger partial charge is 0.356 e. The highest BCUT2D eigenvalue weighted by atomic mass is 35.5. The van der Waals surface area contributed by atoms with Crippen LogP contribution in [0.3, 0.4) is 0 Å². The summed E-state index contributed by atoms with van der Waals surface area (Å²) in [7, 11) is 0. The fourth-order valence-corrected chi connectivity index (χ4v) is 1.11. The number of rotatable bonds is 3. The van der Waals surface area contributed by atoms with E-state index in [1.165, 1.54) is 6.08 Å². The number of hydrogen-bond acceptors (Lipinski definition) is 2. The van der Waals surface area contributed by atoms with Gasteiger partial charge in [0.2, 0.25) is 0 Å². The SMILES string of the molecule is O=S(O)OC=Cc1ccccc1Cl. The monoisotopic (exact) mass is 218 g/mol. The third-order valence-electron chi connectivity index (χ3n) is 1.29. The van der Waals surface area contributed by atoms with Gasteiger partial charge in [-0.15, -0.1) is 0 Å². The molecule has 1 atom stereocenters. The largest absolute Gasteiger partial charge is 0.388 e. The Labute approximate surface area is 83.5 Å². The highest BCUT2D eigenvalue weighted by molar-refractivity contribution is 7.74. The fourth-order valence-electron chi connectivity index (χ4n) is 0.759. The van der Waals surface area contributed by atoms with Gasteiger partial charge >= 0.3 is 11.4 Å². The highest BCUT2D eigenvalue weighted by Gasteiger charge is 1.93. The Bertz CT molecular complexity index is 338. The maximum atomic E-state index is 10.1. The first-order chi connectivity index (χ1) is 6.20. The van der Waals surface area contributed by atoms with E-state index >= 15 is 0 Å².